The molecule has 0 atom stereocenters. The molecule has 0 spiro atoms. The molecule has 3 N–H and O–H groups in total. The molecular weight excluding hydrogens is 382 g/mol. The number of rotatable bonds is 8. The first-order chi connectivity index (χ1) is 13.9. The lowest BCUT2D eigenvalue weighted by atomic mass is 10.0. The van der Waals surface area contributed by atoms with Crippen molar-refractivity contribution in [2.45, 2.75) is 13.0 Å². The molecule has 0 amide bonds. The highest BCUT2D eigenvalue weighted by Gasteiger charge is 2.29. The third-order valence-corrected chi connectivity index (χ3v) is 4.59. The van der Waals surface area contributed by atoms with Crippen LogP contribution in [-0.2, 0) is 20.9 Å². The SMILES string of the molecule is COCC1CN(c2ncc(-c3cccc(COC(=O)CC(=N)N)c3F)cc2F)C1. The Hall–Kier alpha value is -3.07. The van der Waals surface area contributed by atoms with Crippen molar-refractivity contribution in [2.24, 2.45) is 11.7 Å². The number of hydrogen-bond donors (Lipinski definition) is 2. The fourth-order valence-electron chi connectivity index (χ4n) is 3.17. The Bertz CT molecular complexity index is 917. The average Bonchev–Trinajstić information content (AvgIpc) is 2.63. The number of carbonyl (C=O) groups excluding carboxylic acids is 1. The number of hydrogen-bond acceptors (Lipinski definition) is 6. The molecule has 9 heteroatoms. The van der Waals surface area contributed by atoms with Crippen LogP contribution in [0.1, 0.15) is 12.0 Å². The molecule has 0 aliphatic carbocycles. The second kappa shape index (κ2) is 8.95. The molecule has 1 aliphatic heterocycles. The van der Waals surface area contributed by atoms with Crippen LogP contribution in [0, 0.1) is 23.0 Å². The second-order valence-corrected chi connectivity index (χ2v) is 6.90. The monoisotopic (exact) mass is 404 g/mol. The predicted octanol–water partition coefficient (Wildman–Crippen LogP) is 2.48. The zero-order chi connectivity index (χ0) is 21.0. The number of esters is 1. The van der Waals surface area contributed by atoms with E-state index in [4.69, 9.17) is 20.6 Å². The lowest BCUT2D eigenvalue weighted by molar-refractivity contribution is -0.143. The molecule has 3 rings (SSSR count). The topological polar surface area (TPSA) is 102 Å². The van der Waals surface area contributed by atoms with Gasteiger partial charge >= 0.3 is 5.97 Å². The molecule has 1 saturated heterocycles. The summed E-state index contributed by atoms with van der Waals surface area (Å²) in [5, 5.41) is 7.06. The average molecular weight is 404 g/mol. The number of nitrogens with one attached hydrogen (secondary N) is 1. The van der Waals surface area contributed by atoms with Gasteiger partial charge in [-0.1, -0.05) is 18.2 Å². The van der Waals surface area contributed by atoms with Crippen LogP contribution < -0.4 is 10.6 Å². The Morgan fingerprint density at radius 3 is 2.79 bits per heavy atom. The van der Waals surface area contributed by atoms with Gasteiger partial charge in [0.25, 0.3) is 0 Å². The highest BCUT2D eigenvalue weighted by molar-refractivity contribution is 5.94. The van der Waals surface area contributed by atoms with Crippen LogP contribution in [-0.4, -0.2) is 43.6 Å². The van der Waals surface area contributed by atoms with Crippen molar-refractivity contribution < 1.29 is 23.0 Å². The van der Waals surface area contributed by atoms with Crippen molar-refractivity contribution in [1.29, 1.82) is 5.41 Å². The number of halogens is 2. The lowest BCUT2D eigenvalue weighted by Crippen LogP contribution is -2.49. The summed E-state index contributed by atoms with van der Waals surface area (Å²) >= 11 is 0. The molecule has 0 bridgehead atoms. The standard InChI is InChI=1S/C20H22F2N4O3/c1-28-10-12-8-26(9-12)20-16(21)5-14(7-25-20)15-4-2-3-13(19(15)22)11-29-18(27)6-17(23)24/h2-5,7,12H,6,8-11H2,1H3,(H3,23,24). The zero-order valence-corrected chi connectivity index (χ0v) is 16.0. The summed E-state index contributed by atoms with van der Waals surface area (Å²) in [6, 6.07) is 5.80. The normalized spacial score (nSPS) is 13.8. The maximum Gasteiger partial charge on any atom is 0.313 e. The predicted molar refractivity (Wildman–Crippen MR) is 103 cm³/mol. The number of anilines is 1. The Kier molecular flexibility index (Phi) is 6.38. The Labute approximate surface area is 166 Å². The number of carbonyl (C=O) groups is 1. The fraction of sp³-hybridized carbons (Fsp3) is 0.350. The quantitative estimate of drug-likeness (QED) is 0.398. The van der Waals surface area contributed by atoms with Crippen LogP contribution in [0.2, 0.25) is 0 Å². The highest BCUT2D eigenvalue weighted by atomic mass is 19.1. The summed E-state index contributed by atoms with van der Waals surface area (Å²) < 4.78 is 39.4. The van der Waals surface area contributed by atoms with Gasteiger partial charge in [0, 0.05) is 49.0 Å². The summed E-state index contributed by atoms with van der Waals surface area (Å²) in [7, 11) is 1.63. The maximum absolute atomic E-state index is 14.8. The number of pyridine rings is 1. The number of amidine groups is 1. The second-order valence-electron chi connectivity index (χ2n) is 6.90. The smallest absolute Gasteiger partial charge is 0.313 e. The van der Waals surface area contributed by atoms with Gasteiger partial charge in [0.15, 0.2) is 11.6 Å². The molecule has 29 heavy (non-hydrogen) atoms. The third kappa shape index (κ3) is 4.86. The fourth-order valence-corrected chi connectivity index (χ4v) is 3.17. The van der Waals surface area contributed by atoms with E-state index in [0.717, 1.165) is 0 Å². The van der Waals surface area contributed by atoms with Gasteiger partial charge in [-0.2, -0.15) is 0 Å². The van der Waals surface area contributed by atoms with E-state index in [9.17, 15) is 13.6 Å². The minimum Gasteiger partial charge on any atom is -0.460 e. The van der Waals surface area contributed by atoms with Crippen LogP contribution in [0.4, 0.5) is 14.6 Å². The van der Waals surface area contributed by atoms with Crippen molar-refractivity contribution in [3.8, 4) is 11.1 Å². The lowest BCUT2D eigenvalue weighted by Gasteiger charge is -2.39. The van der Waals surface area contributed by atoms with Crippen molar-refractivity contribution in [3.05, 3.63) is 47.7 Å². The van der Waals surface area contributed by atoms with E-state index in [2.05, 4.69) is 4.98 Å². The third-order valence-electron chi connectivity index (χ3n) is 4.59. The number of methoxy groups -OCH3 is 1. The highest BCUT2D eigenvalue weighted by Crippen LogP contribution is 2.30. The molecule has 0 unspecified atom stereocenters. The van der Waals surface area contributed by atoms with Crippen LogP contribution in [0.15, 0.2) is 30.5 Å². The summed E-state index contributed by atoms with van der Waals surface area (Å²) in [6.07, 6.45) is 1.06. The van der Waals surface area contributed by atoms with E-state index in [0.29, 0.717) is 25.6 Å². The first-order valence-corrected chi connectivity index (χ1v) is 9.04. The van der Waals surface area contributed by atoms with E-state index in [1.807, 2.05) is 4.90 Å². The van der Waals surface area contributed by atoms with Crippen LogP contribution in [0.3, 0.4) is 0 Å². The van der Waals surface area contributed by atoms with E-state index in [1.165, 1.54) is 24.4 Å². The van der Waals surface area contributed by atoms with Crippen molar-refractivity contribution in [3.63, 3.8) is 0 Å². The molecule has 1 aliphatic rings. The van der Waals surface area contributed by atoms with E-state index in [1.54, 1.807) is 13.2 Å². The molecule has 2 aromatic rings. The van der Waals surface area contributed by atoms with Crippen LogP contribution >= 0.6 is 0 Å². The van der Waals surface area contributed by atoms with Crippen LogP contribution in [0.25, 0.3) is 11.1 Å². The Morgan fingerprint density at radius 1 is 1.38 bits per heavy atom. The van der Waals surface area contributed by atoms with E-state index in [-0.39, 0.29) is 41.4 Å². The molecule has 1 aromatic carbocycles. The molecular formula is C20H22F2N4O3. The first-order valence-electron chi connectivity index (χ1n) is 9.04. The molecule has 2 heterocycles. The largest absolute Gasteiger partial charge is 0.460 e. The minimum atomic E-state index is -0.722. The molecule has 154 valence electrons. The number of ether oxygens (including phenoxy) is 2. The number of benzene rings is 1. The molecule has 0 radical (unpaired) electrons. The number of aromatic nitrogens is 1. The van der Waals surface area contributed by atoms with Gasteiger partial charge in [0.2, 0.25) is 0 Å². The minimum absolute atomic E-state index is 0.133. The number of nitrogens with two attached hydrogens (primary N) is 1. The molecule has 1 fully saturated rings. The first kappa shape index (κ1) is 20.7. The van der Waals surface area contributed by atoms with Gasteiger partial charge in [0.05, 0.1) is 6.61 Å². The van der Waals surface area contributed by atoms with E-state index < -0.39 is 17.6 Å². The Morgan fingerprint density at radius 2 is 2.14 bits per heavy atom. The van der Waals surface area contributed by atoms with Crippen LogP contribution in [0.5, 0.6) is 0 Å². The number of nitrogens with zero attached hydrogens (tertiary/aromatic N) is 2. The summed E-state index contributed by atoms with van der Waals surface area (Å²) in [4.78, 5) is 17.5. The summed E-state index contributed by atoms with van der Waals surface area (Å²) in [6.45, 7) is 1.62. The Balaban J connectivity index is 1.73. The molecule has 0 saturated carbocycles. The van der Waals surface area contributed by atoms with Gasteiger partial charge in [-0.25, -0.2) is 13.8 Å². The zero-order valence-electron chi connectivity index (χ0n) is 16.0. The van der Waals surface area contributed by atoms with E-state index >= 15 is 0 Å². The van der Waals surface area contributed by atoms with Gasteiger partial charge in [-0.3, -0.25) is 10.2 Å². The maximum atomic E-state index is 14.8. The van der Waals surface area contributed by atoms with Gasteiger partial charge in [-0.15, -0.1) is 0 Å². The summed E-state index contributed by atoms with van der Waals surface area (Å²) in [5.74, 6) is -1.63. The van der Waals surface area contributed by atoms with Crippen molar-refractivity contribution >= 4 is 17.6 Å². The van der Waals surface area contributed by atoms with Crippen molar-refractivity contribution in [2.75, 3.05) is 31.7 Å². The summed E-state index contributed by atoms with van der Waals surface area (Å²) in [5.41, 5.74) is 5.71. The molecule has 7 nitrogen and oxygen atoms in total. The van der Waals surface area contributed by atoms with Gasteiger partial charge in [0.1, 0.15) is 24.7 Å². The van der Waals surface area contributed by atoms with Gasteiger partial charge in [-0.05, 0) is 6.07 Å². The molecule has 1 aromatic heterocycles. The van der Waals surface area contributed by atoms with Crippen molar-refractivity contribution in [1.82, 2.24) is 4.98 Å². The van der Waals surface area contributed by atoms with Gasteiger partial charge < -0.3 is 20.1 Å².